The molecule has 0 aliphatic heterocycles. The van der Waals surface area contributed by atoms with Crippen molar-refractivity contribution >= 4 is 17.3 Å². The zero-order chi connectivity index (χ0) is 11.4. The van der Waals surface area contributed by atoms with Crippen LogP contribution in [0.25, 0.3) is 0 Å². The van der Waals surface area contributed by atoms with Crippen LogP contribution in [0.5, 0.6) is 5.75 Å². The van der Waals surface area contributed by atoms with Crippen LogP contribution in [0.1, 0.15) is 21.5 Å². The Labute approximate surface area is 89.3 Å². The van der Waals surface area contributed by atoms with Crippen LogP contribution in [0.15, 0.2) is 6.07 Å². The van der Waals surface area contributed by atoms with Gasteiger partial charge in [-0.25, -0.2) is 13.6 Å². The Bertz CT molecular complexity index is 349. The molecule has 1 heterocycles. The molecule has 0 atom stereocenters. The van der Waals surface area contributed by atoms with Gasteiger partial charge in [-0.3, -0.25) is 0 Å². The molecule has 15 heavy (non-hydrogen) atoms. The van der Waals surface area contributed by atoms with Gasteiger partial charge in [0.25, 0.3) is 6.43 Å². The Morgan fingerprint density at radius 2 is 2.33 bits per heavy atom. The van der Waals surface area contributed by atoms with E-state index >= 15 is 0 Å². The highest BCUT2D eigenvalue weighted by Crippen LogP contribution is 2.30. The van der Waals surface area contributed by atoms with E-state index in [1.165, 1.54) is 6.07 Å². The first-order valence-electron chi connectivity index (χ1n) is 4.31. The quantitative estimate of drug-likeness (QED) is 0.854. The maximum atomic E-state index is 11.9. The summed E-state index contributed by atoms with van der Waals surface area (Å²) in [5.41, 5.74) is 0. The molecule has 1 N–H and O–H groups in total. The second kappa shape index (κ2) is 5.06. The van der Waals surface area contributed by atoms with Crippen molar-refractivity contribution in [3.05, 3.63) is 15.8 Å². The Morgan fingerprint density at radius 3 is 2.80 bits per heavy atom. The average Bonchev–Trinajstić information content (AvgIpc) is 2.57. The lowest BCUT2D eigenvalue weighted by atomic mass is 10.3. The van der Waals surface area contributed by atoms with E-state index in [9.17, 15) is 13.6 Å². The van der Waals surface area contributed by atoms with E-state index in [0.717, 1.165) is 16.2 Å². The Morgan fingerprint density at radius 1 is 1.67 bits per heavy atom. The van der Waals surface area contributed by atoms with Crippen LogP contribution in [0, 0.1) is 0 Å². The summed E-state index contributed by atoms with van der Waals surface area (Å²) in [4.78, 5) is 11.5. The summed E-state index contributed by atoms with van der Waals surface area (Å²) >= 11 is 1.05. The monoisotopic (exact) mass is 236 g/mol. The lowest BCUT2D eigenvalue weighted by Crippen LogP contribution is -2.08. The average molecular weight is 236 g/mol. The number of ether oxygens (including phenoxy) is 1. The van der Waals surface area contributed by atoms with Crippen LogP contribution in [-0.2, 0) is 6.42 Å². The molecule has 0 saturated carbocycles. The summed E-state index contributed by atoms with van der Waals surface area (Å²) in [5.74, 6) is -1.12. The third kappa shape index (κ3) is 3.16. The van der Waals surface area contributed by atoms with Gasteiger partial charge in [0.05, 0.1) is 0 Å². The minimum absolute atomic E-state index is 0.0208. The van der Waals surface area contributed by atoms with Crippen molar-refractivity contribution in [1.82, 2.24) is 0 Å². The van der Waals surface area contributed by atoms with Crippen molar-refractivity contribution in [2.75, 3.05) is 6.61 Å². The number of carboxylic acids is 1. The maximum absolute atomic E-state index is 11.9. The number of aromatic carboxylic acids is 1. The Hall–Kier alpha value is -1.17. The first-order valence-corrected chi connectivity index (χ1v) is 5.13. The Balaban J connectivity index is 2.84. The van der Waals surface area contributed by atoms with E-state index in [2.05, 4.69) is 0 Å². The highest BCUT2D eigenvalue weighted by Gasteiger charge is 2.17. The van der Waals surface area contributed by atoms with Crippen molar-refractivity contribution in [3.63, 3.8) is 0 Å². The first-order chi connectivity index (χ1) is 7.04. The van der Waals surface area contributed by atoms with E-state index in [0.29, 0.717) is 6.42 Å². The third-order valence-corrected chi connectivity index (χ3v) is 2.91. The molecule has 0 amide bonds. The summed E-state index contributed by atoms with van der Waals surface area (Å²) in [6, 6.07) is 1.50. The number of halogens is 2. The molecule has 3 nitrogen and oxygen atoms in total. The number of hydrogen-bond acceptors (Lipinski definition) is 3. The number of rotatable bonds is 5. The van der Waals surface area contributed by atoms with Gasteiger partial charge in [0, 0.05) is 4.88 Å². The van der Waals surface area contributed by atoms with Crippen LogP contribution in [0.4, 0.5) is 8.78 Å². The third-order valence-electron chi connectivity index (χ3n) is 1.66. The molecule has 1 rings (SSSR count). The molecule has 0 unspecified atom stereocenters. The lowest BCUT2D eigenvalue weighted by molar-refractivity contribution is 0.0671. The first kappa shape index (κ1) is 11.9. The number of hydrogen-bond donors (Lipinski definition) is 1. The summed E-state index contributed by atoms with van der Waals surface area (Å²) in [7, 11) is 0. The fourth-order valence-electron chi connectivity index (χ4n) is 1.01. The number of thiophene rings is 1. The molecule has 0 bridgehead atoms. The number of alkyl halides is 2. The molecule has 84 valence electrons. The molecular formula is C9H10F2O3S. The highest BCUT2D eigenvalue weighted by molar-refractivity contribution is 7.14. The van der Waals surface area contributed by atoms with E-state index in [4.69, 9.17) is 9.84 Å². The van der Waals surface area contributed by atoms with Crippen molar-refractivity contribution in [2.45, 2.75) is 19.8 Å². The number of aryl methyl sites for hydroxylation is 1. The fraction of sp³-hybridized carbons (Fsp3) is 0.444. The van der Waals surface area contributed by atoms with Crippen molar-refractivity contribution in [2.24, 2.45) is 0 Å². The standard InChI is InChI=1S/C9H10F2O3S/c1-2-5-3-6(14-4-7(10)11)8(15-5)9(12)13/h3,7H,2,4H2,1H3,(H,12,13). The second-order valence-corrected chi connectivity index (χ2v) is 3.90. The van der Waals surface area contributed by atoms with Crippen molar-refractivity contribution in [1.29, 1.82) is 0 Å². The van der Waals surface area contributed by atoms with Gasteiger partial charge < -0.3 is 9.84 Å². The number of carboxylic acid groups (broad SMARTS) is 1. The summed E-state index contributed by atoms with van der Waals surface area (Å²) in [6.07, 6.45) is -1.94. The smallest absolute Gasteiger partial charge is 0.349 e. The molecule has 0 fully saturated rings. The molecule has 0 aliphatic rings. The number of carbonyl (C=O) groups is 1. The van der Waals surface area contributed by atoms with E-state index in [1.807, 2.05) is 6.92 Å². The summed E-state index contributed by atoms with van der Waals surface area (Å²) in [6.45, 7) is 1.08. The SMILES string of the molecule is CCc1cc(OCC(F)F)c(C(=O)O)s1. The van der Waals surface area contributed by atoms with Crippen LogP contribution in [-0.4, -0.2) is 24.1 Å². The summed E-state index contributed by atoms with van der Waals surface area (Å²) < 4.78 is 28.5. The minimum Gasteiger partial charge on any atom is -0.486 e. The molecule has 0 spiro atoms. The second-order valence-electron chi connectivity index (χ2n) is 2.77. The van der Waals surface area contributed by atoms with Gasteiger partial charge in [0.2, 0.25) is 0 Å². The molecule has 6 heteroatoms. The van der Waals surface area contributed by atoms with Crippen LogP contribution in [0.2, 0.25) is 0 Å². The molecule has 0 saturated heterocycles. The Kier molecular flexibility index (Phi) is 4.02. The van der Waals surface area contributed by atoms with E-state index in [-0.39, 0.29) is 10.6 Å². The van der Waals surface area contributed by atoms with Crippen molar-refractivity contribution < 1.29 is 23.4 Å². The van der Waals surface area contributed by atoms with Crippen molar-refractivity contribution in [3.8, 4) is 5.75 Å². The van der Waals surface area contributed by atoms with Crippen LogP contribution in [0.3, 0.4) is 0 Å². The zero-order valence-corrected chi connectivity index (χ0v) is 8.81. The topological polar surface area (TPSA) is 46.5 Å². The van der Waals surface area contributed by atoms with Gasteiger partial charge in [-0.05, 0) is 12.5 Å². The van der Waals surface area contributed by atoms with Gasteiger partial charge in [-0.1, -0.05) is 6.92 Å². The lowest BCUT2D eigenvalue weighted by Gasteiger charge is -2.03. The molecular weight excluding hydrogens is 226 g/mol. The predicted molar refractivity (Wildman–Crippen MR) is 52.2 cm³/mol. The van der Waals surface area contributed by atoms with Gasteiger partial charge in [-0.2, -0.15) is 0 Å². The molecule has 1 aromatic heterocycles. The predicted octanol–water partition coefficient (Wildman–Crippen LogP) is 2.65. The van der Waals surface area contributed by atoms with Gasteiger partial charge >= 0.3 is 5.97 Å². The zero-order valence-electron chi connectivity index (χ0n) is 8.00. The maximum Gasteiger partial charge on any atom is 0.349 e. The van der Waals surface area contributed by atoms with E-state index < -0.39 is 19.0 Å². The van der Waals surface area contributed by atoms with Gasteiger partial charge in [0.1, 0.15) is 12.4 Å². The van der Waals surface area contributed by atoms with Crippen LogP contribution < -0.4 is 4.74 Å². The normalized spacial score (nSPS) is 10.7. The largest absolute Gasteiger partial charge is 0.486 e. The molecule has 0 aliphatic carbocycles. The summed E-state index contributed by atoms with van der Waals surface area (Å²) in [5, 5.41) is 8.78. The van der Waals surface area contributed by atoms with Gasteiger partial charge in [-0.15, -0.1) is 11.3 Å². The van der Waals surface area contributed by atoms with Gasteiger partial charge in [0.15, 0.2) is 4.88 Å². The minimum atomic E-state index is -2.60. The molecule has 0 radical (unpaired) electrons. The molecule has 0 aromatic carbocycles. The highest BCUT2D eigenvalue weighted by atomic mass is 32.1. The van der Waals surface area contributed by atoms with E-state index in [1.54, 1.807) is 0 Å². The fourth-order valence-corrected chi connectivity index (χ4v) is 1.88. The van der Waals surface area contributed by atoms with Crippen LogP contribution >= 0.6 is 11.3 Å². The molecule has 1 aromatic rings.